The molecular formula is C19H14ClF3N2O3. The minimum atomic E-state index is -4.52. The number of aryl methyl sites for hydroxylation is 1. The fraction of sp³-hybridized carbons (Fsp3) is 0.158. The highest BCUT2D eigenvalue weighted by molar-refractivity contribution is 6.30. The van der Waals surface area contributed by atoms with Crippen LogP contribution in [-0.2, 0) is 0 Å². The Kier molecular flexibility index (Phi) is 5.33. The highest BCUT2D eigenvalue weighted by Crippen LogP contribution is 2.35. The maximum atomic E-state index is 12.6. The molecule has 0 bridgehead atoms. The molecule has 0 atom stereocenters. The number of nitrogens with two attached hydrogens (primary N) is 1. The van der Waals surface area contributed by atoms with Crippen LogP contribution in [0.25, 0.3) is 22.3 Å². The number of primary amides is 1. The molecule has 0 saturated heterocycles. The molecule has 5 nitrogen and oxygen atoms in total. The number of benzene rings is 1. The average molecular weight is 411 g/mol. The SMILES string of the molecule is Cc1cc(-c2cnc(OCC(F)(F)F)c(-c3ccc(Cl)cc3)c2)c(C(N)=O)o1. The number of rotatable bonds is 5. The largest absolute Gasteiger partial charge is 0.468 e. The summed E-state index contributed by atoms with van der Waals surface area (Å²) in [5.41, 5.74) is 7.00. The molecule has 0 aliphatic rings. The standard InChI is InChI=1S/C19H14ClF3N2O3/c1-10-6-14(16(28-10)17(24)26)12-7-15(11-2-4-13(20)5-3-11)18(25-8-12)27-9-19(21,22)23/h2-8H,9H2,1H3,(H2,24,26). The van der Waals surface area contributed by atoms with E-state index < -0.39 is 18.7 Å². The van der Waals surface area contributed by atoms with Gasteiger partial charge in [-0.3, -0.25) is 4.79 Å². The highest BCUT2D eigenvalue weighted by atomic mass is 35.5. The van der Waals surface area contributed by atoms with E-state index in [9.17, 15) is 18.0 Å². The van der Waals surface area contributed by atoms with Crippen molar-refractivity contribution in [3.8, 4) is 28.1 Å². The van der Waals surface area contributed by atoms with E-state index in [1.807, 2.05) is 0 Å². The molecule has 0 fully saturated rings. The van der Waals surface area contributed by atoms with Crippen LogP contribution in [0, 0.1) is 6.92 Å². The zero-order chi connectivity index (χ0) is 20.5. The molecular weight excluding hydrogens is 397 g/mol. The Morgan fingerprint density at radius 2 is 1.86 bits per heavy atom. The summed E-state index contributed by atoms with van der Waals surface area (Å²) in [5.74, 6) is -0.586. The summed E-state index contributed by atoms with van der Waals surface area (Å²) in [6.45, 7) is 0.154. The van der Waals surface area contributed by atoms with E-state index in [0.717, 1.165) is 0 Å². The molecule has 146 valence electrons. The van der Waals surface area contributed by atoms with Gasteiger partial charge in [0.2, 0.25) is 5.88 Å². The highest BCUT2D eigenvalue weighted by Gasteiger charge is 2.29. The van der Waals surface area contributed by atoms with Crippen LogP contribution in [0.4, 0.5) is 13.2 Å². The first-order valence-corrected chi connectivity index (χ1v) is 8.38. The number of halogens is 4. The van der Waals surface area contributed by atoms with Crippen molar-refractivity contribution in [3.05, 3.63) is 59.1 Å². The van der Waals surface area contributed by atoms with Crippen molar-refractivity contribution in [3.63, 3.8) is 0 Å². The average Bonchev–Trinajstić information content (AvgIpc) is 3.02. The van der Waals surface area contributed by atoms with Crippen LogP contribution in [0.2, 0.25) is 5.02 Å². The molecule has 9 heteroatoms. The van der Waals surface area contributed by atoms with Crippen molar-refractivity contribution in [1.82, 2.24) is 4.98 Å². The summed E-state index contributed by atoms with van der Waals surface area (Å²) >= 11 is 5.89. The lowest BCUT2D eigenvalue weighted by molar-refractivity contribution is -0.154. The fourth-order valence-corrected chi connectivity index (χ4v) is 2.74. The van der Waals surface area contributed by atoms with Gasteiger partial charge in [0.1, 0.15) is 5.76 Å². The Bertz CT molecular complexity index is 1010. The molecule has 28 heavy (non-hydrogen) atoms. The van der Waals surface area contributed by atoms with Crippen molar-refractivity contribution in [2.45, 2.75) is 13.1 Å². The zero-order valence-electron chi connectivity index (χ0n) is 14.5. The number of ether oxygens (including phenoxy) is 1. The predicted molar refractivity (Wildman–Crippen MR) is 97.2 cm³/mol. The van der Waals surface area contributed by atoms with Gasteiger partial charge < -0.3 is 14.9 Å². The number of aromatic nitrogens is 1. The van der Waals surface area contributed by atoms with E-state index in [-0.39, 0.29) is 11.6 Å². The third-order valence-corrected chi connectivity index (χ3v) is 4.02. The minimum absolute atomic E-state index is 0.0645. The second kappa shape index (κ2) is 7.55. The molecule has 0 aliphatic carbocycles. The van der Waals surface area contributed by atoms with Gasteiger partial charge in [0.05, 0.1) is 0 Å². The predicted octanol–water partition coefficient (Wildman–Crippen LogP) is 5.01. The van der Waals surface area contributed by atoms with E-state index in [1.165, 1.54) is 6.20 Å². The Labute approximate surface area is 162 Å². The lowest BCUT2D eigenvalue weighted by atomic mass is 10.0. The van der Waals surface area contributed by atoms with Gasteiger partial charge in [-0.2, -0.15) is 13.2 Å². The van der Waals surface area contributed by atoms with Gasteiger partial charge in [-0.15, -0.1) is 0 Å². The van der Waals surface area contributed by atoms with Crippen molar-refractivity contribution in [2.75, 3.05) is 6.61 Å². The van der Waals surface area contributed by atoms with Crippen molar-refractivity contribution in [2.24, 2.45) is 5.73 Å². The van der Waals surface area contributed by atoms with Gasteiger partial charge in [0.25, 0.3) is 5.91 Å². The van der Waals surface area contributed by atoms with Crippen molar-refractivity contribution < 1.29 is 27.1 Å². The minimum Gasteiger partial charge on any atom is -0.468 e. The summed E-state index contributed by atoms with van der Waals surface area (Å²) in [6, 6.07) is 9.58. The first kappa shape index (κ1) is 19.8. The van der Waals surface area contributed by atoms with Gasteiger partial charge >= 0.3 is 6.18 Å². The number of carbonyl (C=O) groups excluding carboxylic acids is 1. The molecule has 0 unspecified atom stereocenters. The third-order valence-electron chi connectivity index (χ3n) is 3.77. The van der Waals surface area contributed by atoms with Crippen molar-refractivity contribution >= 4 is 17.5 Å². The molecule has 0 spiro atoms. The molecule has 2 aromatic heterocycles. The fourth-order valence-electron chi connectivity index (χ4n) is 2.61. The van der Waals surface area contributed by atoms with E-state index in [2.05, 4.69) is 4.98 Å². The van der Waals surface area contributed by atoms with Crippen LogP contribution in [0.5, 0.6) is 5.88 Å². The van der Waals surface area contributed by atoms with Gasteiger partial charge in [-0.25, -0.2) is 4.98 Å². The second-order valence-electron chi connectivity index (χ2n) is 5.95. The van der Waals surface area contributed by atoms with E-state index in [1.54, 1.807) is 43.3 Å². The number of pyridine rings is 1. The maximum Gasteiger partial charge on any atom is 0.422 e. The lowest BCUT2D eigenvalue weighted by Gasteiger charge is -2.14. The number of hydrogen-bond donors (Lipinski definition) is 1. The van der Waals surface area contributed by atoms with E-state index in [0.29, 0.717) is 33.0 Å². The molecule has 2 N–H and O–H groups in total. The first-order valence-electron chi connectivity index (χ1n) is 8.00. The monoisotopic (exact) mass is 410 g/mol. The van der Waals surface area contributed by atoms with Crippen LogP contribution in [0.15, 0.2) is 47.0 Å². The Balaban J connectivity index is 2.11. The summed E-state index contributed by atoms with van der Waals surface area (Å²) in [5, 5.41) is 0.465. The van der Waals surface area contributed by atoms with E-state index >= 15 is 0 Å². The summed E-state index contributed by atoms with van der Waals surface area (Å²) in [7, 11) is 0. The molecule has 3 rings (SSSR count). The normalized spacial score (nSPS) is 11.5. The summed E-state index contributed by atoms with van der Waals surface area (Å²) in [4.78, 5) is 15.6. The lowest BCUT2D eigenvalue weighted by Crippen LogP contribution is -2.20. The zero-order valence-corrected chi connectivity index (χ0v) is 15.3. The number of furan rings is 1. The van der Waals surface area contributed by atoms with Crippen molar-refractivity contribution in [1.29, 1.82) is 0 Å². The quantitative estimate of drug-likeness (QED) is 0.641. The molecule has 1 amide bonds. The summed E-state index contributed by atoms with van der Waals surface area (Å²) in [6.07, 6.45) is -3.22. The topological polar surface area (TPSA) is 78.4 Å². The number of hydrogen-bond acceptors (Lipinski definition) is 4. The molecule has 0 saturated carbocycles. The number of carbonyl (C=O) groups is 1. The van der Waals surface area contributed by atoms with Crippen LogP contribution < -0.4 is 10.5 Å². The van der Waals surface area contributed by atoms with Crippen LogP contribution >= 0.6 is 11.6 Å². The Morgan fingerprint density at radius 3 is 2.46 bits per heavy atom. The maximum absolute atomic E-state index is 12.6. The van der Waals surface area contributed by atoms with Crippen LogP contribution in [0.3, 0.4) is 0 Å². The van der Waals surface area contributed by atoms with Gasteiger partial charge in [0, 0.05) is 27.9 Å². The molecule has 0 aliphatic heterocycles. The van der Waals surface area contributed by atoms with Gasteiger partial charge in [-0.1, -0.05) is 23.7 Å². The first-order chi connectivity index (χ1) is 13.1. The number of amides is 1. The third kappa shape index (κ3) is 4.45. The Morgan fingerprint density at radius 1 is 1.18 bits per heavy atom. The van der Waals surface area contributed by atoms with Gasteiger partial charge in [-0.05, 0) is 36.8 Å². The van der Waals surface area contributed by atoms with Crippen LogP contribution in [0.1, 0.15) is 16.3 Å². The molecule has 0 radical (unpaired) electrons. The number of nitrogens with zero attached hydrogens (tertiary/aromatic N) is 1. The summed E-state index contributed by atoms with van der Waals surface area (Å²) < 4.78 is 47.9. The van der Waals surface area contributed by atoms with E-state index in [4.69, 9.17) is 26.5 Å². The Hall–Kier alpha value is -3.00. The van der Waals surface area contributed by atoms with Gasteiger partial charge in [0.15, 0.2) is 12.4 Å². The molecule has 3 aromatic rings. The molecule has 2 heterocycles. The molecule has 1 aromatic carbocycles. The smallest absolute Gasteiger partial charge is 0.422 e. The van der Waals surface area contributed by atoms with Crippen LogP contribution in [-0.4, -0.2) is 23.7 Å². The number of alkyl halides is 3. The second-order valence-corrected chi connectivity index (χ2v) is 6.39.